The number of furan rings is 1. The average Bonchev–Trinajstić information content (AvgIpc) is 3.58. The zero-order valence-electron chi connectivity index (χ0n) is 23.0. The maximum Gasteiger partial charge on any atom is 0.255 e. The molecule has 5 aromatic rings. The molecule has 0 saturated heterocycles. The second-order valence-corrected chi connectivity index (χ2v) is 12.4. The van der Waals surface area contributed by atoms with E-state index in [4.69, 9.17) is 20.8 Å². The Morgan fingerprint density at radius 3 is 2.42 bits per heavy atom. The number of rotatable bonds is 6. The molecular formula is C31H24ClF2N3O5S. The van der Waals surface area contributed by atoms with Crippen molar-refractivity contribution in [2.45, 2.75) is 6.23 Å². The fraction of sp³-hybridized carbons (Fsp3) is 0.129. The number of ether oxygens (including phenoxy) is 1. The van der Waals surface area contributed by atoms with E-state index in [0.29, 0.717) is 38.4 Å². The molecule has 2 N–H and O–H groups in total. The normalized spacial score (nSPS) is 14.2. The molecule has 2 heterocycles. The van der Waals surface area contributed by atoms with Crippen LogP contribution in [0.3, 0.4) is 0 Å². The zero-order valence-corrected chi connectivity index (χ0v) is 24.6. The van der Waals surface area contributed by atoms with Crippen molar-refractivity contribution in [2.75, 3.05) is 30.0 Å². The maximum atomic E-state index is 14.4. The Labute approximate surface area is 250 Å². The van der Waals surface area contributed by atoms with Crippen molar-refractivity contribution in [3.63, 3.8) is 0 Å². The molecule has 1 aliphatic rings. The minimum Gasteiger partial charge on any atom is -0.464 e. The summed E-state index contributed by atoms with van der Waals surface area (Å²) >= 11 is 6.57. The molecule has 1 atom stereocenters. The minimum absolute atomic E-state index is 0.194. The largest absolute Gasteiger partial charge is 0.464 e. The molecule has 1 aromatic heterocycles. The fourth-order valence-electron chi connectivity index (χ4n) is 5.04. The monoisotopic (exact) mass is 623 g/mol. The van der Waals surface area contributed by atoms with Crippen LogP contribution in [0, 0.1) is 11.6 Å². The highest BCUT2D eigenvalue weighted by molar-refractivity contribution is 7.92. The Kier molecular flexibility index (Phi) is 7.02. The number of sulfonamides is 1. The number of hydrogen-bond acceptors (Lipinski definition) is 6. The summed E-state index contributed by atoms with van der Waals surface area (Å²) < 4.78 is 66.7. The Balaban J connectivity index is 1.57. The first kappa shape index (κ1) is 28.5. The SMILES string of the molecule is CNC(=O)c1c(-c2ccc(F)cc2)oc2cc(N(C)S(C)(=O)=O)c(-c3ccc(Cl)c(C4Nc5c(F)cccc5O4)c3)cc12. The molecule has 220 valence electrons. The van der Waals surface area contributed by atoms with Gasteiger partial charge in [-0.05, 0) is 60.2 Å². The topological polar surface area (TPSA) is 101 Å². The van der Waals surface area contributed by atoms with Crippen molar-refractivity contribution in [3.8, 4) is 28.2 Å². The van der Waals surface area contributed by atoms with E-state index in [9.17, 15) is 22.0 Å². The molecule has 0 saturated carbocycles. The Morgan fingerprint density at radius 2 is 1.74 bits per heavy atom. The second kappa shape index (κ2) is 10.6. The highest BCUT2D eigenvalue weighted by Gasteiger charge is 2.30. The van der Waals surface area contributed by atoms with E-state index >= 15 is 0 Å². The summed E-state index contributed by atoms with van der Waals surface area (Å²) in [5, 5.41) is 6.36. The lowest BCUT2D eigenvalue weighted by molar-refractivity contribution is 0.0964. The quantitative estimate of drug-likeness (QED) is 0.212. The Hall–Kier alpha value is -4.61. The number of hydrogen-bond donors (Lipinski definition) is 2. The number of carbonyl (C=O) groups excluding carboxylic acids is 1. The van der Waals surface area contributed by atoms with Crippen LogP contribution in [0.2, 0.25) is 5.02 Å². The lowest BCUT2D eigenvalue weighted by atomic mass is 9.97. The minimum atomic E-state index is -3.75. The van der Waals surface area contributed by atoms with E-state index < -0.39 is 33.8 Å². The lowest BCUT2D eigenvalue weighted by Gasteiger charge is -2.22. The van der Waals surface area contributed by atoms with Crippen molar-refractivity contribution in [1.29, 1.82) is 0 Å². The summed E-state index contributed by atoms with van der Waals surface area (Å²) in [6.45, 7) is 0. The molecule has 0 spiro atoms. The van der Waals surface area contributed by atoms with Crippen molar-refractivity contribution < 1.29 is 31.1 Å². The Bertz CT molecular complexity index is 2030. The highest BCUT2D eigenvalue weighted by Crippen LogP contribution is 2.45. The molecule has 1 unspecified atom stereocenters. The molecule has 6 rings (SSSR count). The van der Waals surface area contributed by atoms with Gasteiger partial charge in [0.25, 0.3) is 5.91 Å². The first-order valence-corrected chi connectivity index (χ1v) is 15.2. The molecule has 1 aliphatic heterocycles. The van der Waals surface area contributed by atoms with E-state index in [0.717, 1.165) is 10.6 Å². The molecule has 1 amide bonds. The molecule has 43 heavy (non-hydrogen) atoms. The van der Waals surface area contributed by atoms with Crippen molar-refractivity contribution >= 4 is 49.9 Å². The molecule has 8 nitrogen and oxygen atoms in total. The van der Waals surface area contributed by atoms with Crippen LogP contribution in [0.4, 0.5) is 20.2 Å². The van der Waals surface area contributed by atoms with Crippen LogP contribution in [-0.2, 0) is 10.0 Å². The summed E-state index contributed by atoms with van der Waals surface area (Å²) in [6.07, 6.45) is 0.248. The van der Waals surface area contributed by atoms with Gasteiger partial charge in [0.1, 0.15) is 34.4 Å². The number of nitrogens with zero attached hydrogens (tertiary/aromatic N) is 1. The predicted molar refractivity (Wildman–Crippen MR) is 162 cm³/mol. The summed E-state index contributed by atoms with van der Waals surface area (Å²) in [4.78, 5) is 13.2. The van der Waals surface area contributed by atoms with Gasteiger partial charge in [0.2, 0.25) is 10.0 Å². The third-order valence-electron chi connectivity index (χ3n) is 7.29. The highest BCUT2D eigenvalue weighted by atomic mass is 35.5. The van der Waals surface area contributed by atoms with Gasteiger partial charge < -0.3 is 19.8 Å². The van der Waals surface area contributed by atoms with E-state index in [1.165, 1.54) is 56.6 Å². The van der Waals surface area contributed by atoms with E-state index in [-0.39, 0.29) is 28.3 Å². The first-order valence-electron chi connectivity index (χ1n) is 13.0. The van der Waals surface area contributed by atoms with Crippen LogP contribution in [0.5, 0.6) is 5.75 Å². The number of fused-ring (bicyclic) bond motifs is 2. The van der Waals surface area contributed by atoms with E-state index in [2.05, 4.69) is 10.6 Å². The van der Waals surface area contributed by atoms with E-state index in [1.54, 1.807) is 30.3 Å². The number of para-hydroxylation sites is 1. The van der Waals surface area contributed by atoms with Gasteiger partial charge in [-0.15, -0.1) is 0 Å². The lowest BCUT2D eigenvalue weighted by Crippen LogP contribution is -2.25. The van der Waals surface area contributed by atoms with Gasteiger partial charge in [-0.1, -0.05) is 23.7 Å². The third-order valence-corrected chi connectivity index (χ3v) is 8.82. The van der Waals surface area contributed by atoms with Gasteiger partial charge in [-0.2, -0.15) is 0 Å². The number of nitrogens with one attached hydrogen (secondary N) is 2. The third kappa shape index (κ3) is 5.04. The molecule has 0 fully saturated rings. The van der Waals surface area contributed by atoms with Crippen LogP contribution in [0.1, 0.15) is 22.1 Å². The van der Waals surface area contributed by atoms with Crippen molar-refractivity contribution in [3.05, 3.63) is 101 Å². The van der Waals surface area contributed by atoms with Gasteiger partial charge in [0.05, 0.1) is 17.5 Å². The summed E-state index contributed by atoms with van der Waals surface area (Å²) in [6, 6.07) is 18.2. The van der Waals surface area contributed by atoms with Gasteiger partial charge in [-0.3, -0.25) is 9.10 Å². The predicted octanol–water partition coefficient (Wildman–Crippen LogP) is 6.96. The molecule has 0 aliphatic carbocycles. The van der Waals surface area contributed by atoms with E-state index in [1.807, 2.05) is 0 Å². The number of benzene rings is 4. The number of amides is 1. The molecule has 12 heteroatoms. The average molecular weight is 624 g/mol. The summed E-state index contributed by atoms with van der Waals surface area (Å²) in [5.74, 6) is -0.862. The van der Waals surface area contributed by atoms with Crippen molar-refractivity contribution in [1.82, 2.24) is 5.32 Å². The van der Waals surface area contributed by atoms with Crippen molar-refractivity contribution in [2.24, 2.45) is 0 Å². The van der Waals surface area contributed by atoms with Crippen LogP contribution >= 0.6 is 11.6 Å². The van der Waals surface area contributed by atoms with Crippen LogP contribution in [-0.4, -0.2) is 34.7 Å². The summed E-state index contributed by atoms with van der Waals surface area (Å²) in [7, 11) is -0.866. The molecular weight excluding hydrogens is 600 g/mol. The molecule has 0 bridgehead atoms. The number of halogens is 3. The maximum absolute atomic E-state index is 14.4. The molecule has 0 radical (unpaired) electrons. The van der Waals surface area contributed by atoms with Gasteiger partial charge in [-0.25, -0.2) is 17.2 Å². The second-order valence-electron chi connectivity index (χ2n) is 9.98. The van der Waals surface area contributed by atoms with Gasteiger partial charge in [0, 0.05) is 47.3 Å². The number of anilines is 2. The summed E-state index contributed by atoms with van der Waals surface area (Å²) in [5.41, 5.74) is 2.83. The fourth-order valence-corrected chi connectivity index (χ4v) is 5.77. The van der Waals surface area contributed by atoms with Gasteiger partial charge in [0.15, 0.2) is 6.23 Å². The van der Waals surface area contributed by atoms with Crippen LogP contribution in [0.15, 0.2) is 77.2 Å². The van der Waals surface area contributed by atoms with Gasteiger partial charge >= 0.3 is 0 Å². The smallest absolute Gasteiger partial charge is 0.255 e. The first-order chi connectivity index (χ1) is 20.5. The molecule has 4 aromatic carbocycles. The van der Waals surface area contributed by atoms with Crippen LogP contribution in [0.25, 0.3) is 33.4 Å². The Morgan fingerprint density at radius 1 is 1.02 bits per heavy atom. The number of carbonyl (C=O) groups is 1. The standard InChI is InChI=1S/C31H24ClF2N3O5S/c1-35-30(38)27-21-14-19(17-9-12-22(32)20(13-17)31-36-28-23(34)5-4-6-25(28)42-31)24(37(2)43(3,39)40)15-26(21)41-29(27)16-7-10-18(33)11-8-16/h4-15,31,36H,1-3H3,(H,35,38). The zero-order chi connectivity index (χ0) is 30.6. The van der Waals surface area contributed by atoms with Crippen LogP contribution < -0.4 is 19.7 Å².